The molecule has 1 aliphatic heterocycles. The lowest BCUT2D eigenvalue weighted by Crippen LogP contribution is -2.11. The quantitative estimate of drug-likeness (QED) is 0.617. The molecule has 21 heavy (non-hydrogen) atoms. The summed E-state index contributed by atoms with van der Waals surface area (Å²) in [5, 5.41) is 23.1. The summed E-state index contributed by atoms with van der Waals surface area (Å²) in [4.78, 5) is 21.5. The smallest absolute Gasteiger partial charge is 0.336 e. The molecular formula is C14H18N2O5. The lowest BCUT2D eigenvalue weighted by Gasteiger charge is -2.13. The Bertz CT molecular complexity index is 553. The third-order valence-electron chi connectivity index (χ3n) is 3.72. The van der Waals surface area contributed by atoms with Gasteiger partial charge in [0.25, 0.3) is 5.69 Å². The van der Waals surface area contributed by atoms with Crippen molar-refractivity contribution in [3.8, 4) is 0 Å². The van der Waals surface area contributed by atoms with Gasteiger partial charge in [-0.15, -0.1) is 0 Å². The molecule has 0 aromatic heterocycles. The zero-order valence-corrected chi connectivity index (χ0v) is 11.8. The van der Waals surface area contributed by atoms with Gasteiger partial charge in [-0.1, -0.05) is 0 Å². The highest BCUT2D eigenvalue weighted by atomic mass is 16.6. The number of anilines is 1. The van der Waals surface area contributed by atoms with Crippen LogP contribution in [0.2, 0.25) is 0 Å². The van der Waals surface area contributed by atoms with E-state index in [1.807, 2.05) is 0 Å². The number of nitrogens with one attached hydrogen (secondary N) is 1. The van der Waals surface area contributed by atoms with Crippen molar-refractivity contribution < 1.29 is 19.6 Å². The number of rotatable bonds is 6. The molecule has 114 valence electrons. The average molecular weight is 294 g/mol. The SMILES string of the molecule is Cc1c(NCCC2CCOC2)cc(C(=O)O)cc1[N+](=O)[O-]. The number of hydrogen-bond donors (Lipinski definition) is 2. The van der Waals surface area contributed by atoms with Crippen LogP contribution in [0.4, 0.5) is 11.4 Å². The van der Waals surface area contributed by atoms with Crippen molar-refractivity contribution in [3.63, 3.8) is 0 Å². The van der Waals surface area contributed by atoms with Crippen molar-refractivity contribution in [3.05, 3.63) is 33.4 Å². The fraction of sp³-hybridized carbons (Fsp3) is 0.500. The van der Waals surface area contributed by atoms with Crippen molar-refractivity contribution in [2.24, 2.45) is 5.92 Å². The second-order valence-electron chi connectivity index (χ2n) is 5.18. The van der Waals surface area contributed by atoms with Crippen LogP contribution in [0.25, 0.3) is 0 Å². The van der Waals surface area contributed by atoms with E-state index >= 15 is 0 Å². The first kappa shape index (κ1) is 15.2. The Balaban J connectivity index is 2.12. The molecule has 0 aliphatic carbocycles. The summed E-state index contributed by atoms with van der Waals surface area (Å²) >= 11 is 0. The summed E-state index contributed by atoms with van der Waals surface area (Å²) in [6.45, 7) is 3.78. The van der Waals surface area contributed by atoms with Crippen LogP contribution in [0.1, 0.15) is 28.8 Å². The number of hydrogen-bond acceptors (Lipinski definition) is 5. The van der Waals surface area contributed by atoms with Gasteiger partial charge in [0.05, 0.1) is 10.5 Å². The molecule has 1 fully saturated rings. The number of carboxylic acid groups (broad SMARTS) is 1. The number of nitrogens with zero attached hydrogens (tertiary/aromatic N) is 1. The number of carbonyl (C=O) groups is 1. The molecule has 7 heteroatoms. The van der Waals surface area contributed by atoms with Gasteiger partial charge in [0, 0.05) is 37.1 Å². The van der Waals surface area contributed by atoms with Gasteiger partial charge in [0.2, 0.25) is 0 Å². The van der Waals surface area contributed by atoms with Gasteiger partial charge in [-0.25, -0.2) is 4.79 Å². The molecule has 1 aromatic rings. The maximum Gasteiger partial charge on any atom is 0.336 e. The Labute approximate surface area is 122 Å². The normalized spacial score (nSPS) is 17.7. The third kappa shape index (κ3) is 3.69. The number of ether oxygens (including phenoxy) is 1. The second kappa shape index (κ2) is 6.53. The first-order chi connectivity index (χ1) is 9.99. The Morgan fingerprint density at radius 3 is 2.90 bits per heavy atom. The van der Waals surface area contributed by atoms with Gasteiger partial charge in [0.15, 0.2) is 0 Å². The number of carboxylic acids is 1. The largest absolute Gasteiger partial charge is 0.478 e. The van der Waals surface area contributed by atoms with Crippen LogP contribution in [-0.2, 0) is 4.74 Å². The van der Waals surface area contributed by atoms with E-state index < -0.39 is 10.9 Å². The van der Waals surface area contributed by atoms with E-state index in [-0.39, 0.29) is 11.3 Å². The van der Waals surface area contributed by atoms with Crippen LogP contribution >= 0.6 is 0 Å². The van der Waals surface area contributed by atoms with Crippen molar-refractivity contribution in [1.29, 1.82) is 0 Å². The molecular weight excluding hydrogens is 276 g/mol. The van der Waals surface area contributed by atoms with Crippen LogP contribution < -0.4 is 5.32 Å². The summed E-state index contributed by atoms with van der Waals surface area (Å²) in [5.74, 6) is -0.680. The standard InChI is InChI=1S/C14H18N2O5/c1-9-12(15-4-2-10-3-5-21-8-10)6-11(14(17)18)7-13(9)16(19)20/h6-7,10,15H,2-5,8H2,1H3,(H,17,18). The molecule has 0 amide bonds. The van der Waals surface area contributed by atoms with E-state index in [0.717, 1.165) is 32.1 Å². The summed E-state index contributed by atoms with van der Waals surface area (Å²) in [5.41, 5.74) is 0.689. The van der Waals surface area contributed by atoms with Gasteiger partial charge in [-0.2, -0.15) is 0 Å². The molecule has 1 unspecified atom stereocenters. The Hall–Kier alpha value is -2.15. The molecule has 0 radical (unpaired) electrons. The lowest BCUT2D eigenvalue weighted by molar-refractivity contribution is -0.385. The summed E-state index contributed by atoms with van der Waals surface area (Å²) in [6.07, 6.45) is 1.92. The van der Waals surface area contributed by atoms with E-state index in [0.29, 0.717) is 23.7 Å². The number of nitro groups is 1. The molecule has 7 nitrogen and oxygen atoms in total. The van der Waals surface area contributed by atoms with Gasteiger partial charge < -0.3 is 15.2 Å². The van der Waals surface area contributed by atoms with Gasteiger partial charge in [-0.05, 0) is 31.7 Å². The zero-order valence-electron chi connectivity index (χ0n) is 11.8. The fourth-order valence-corrected chi connectivity index (χ4v) is 2.42. The van der Waals surface area contributed by atoms with Crippen LogP contribution in [0.5, 0.6) is 0 Å². The monoisotopic (exact) mass is 294 g/mol. The highest BCUT2D eigenvalue weighted by Crippen LogP contribution is 2.28. The predicted molar refractivity (Wildman–Crippen MR) is 76.8 cm³/mol. The van der Waals surface area contributed by atoms with Gasteiger partial charge >= 0.3 is 5.97 Å². The van der Waals surface area contributed by atoms with E-state index in [1.165, 1.54) is 6.07 Å². The molecule has 0 spiro atoms. The van der Waals surface area contributed by atoms with Crippen LogP contribution in [0.15, 0.2) is 12.1 Å². The number of nitro benzene ring substituents is 1. The first-order valence-electron chi connectivity index (χ1n) is 6.83. The minimum atomic E-state index is -1.18. The topological polar surface area (TPSA) is 102 Å². The molecule has 0 bridgehead atoms. The third-order valence-corrected chi connectivity index (χ3v) is 3.72. The summed E-state index contributed by atoms with van der Waals surface area (Å²) in [7, 11) is 0. The Morgan fingerprint density at radius 2 is 2.33 bits per heavy atom. The van der Waals surface area contributed by atoms with E-state index in [2.05, 4.69) is 5.32 Å². The lowest BCUT2D eigenvalue weighted by atomic mass is 10.0. The van der Waals surface area contributed by atoms with E-state index in [4.69, 9.17) is 9.84 Å². The predicted octanol–water partition coefficient (Wildman–Crippen LogP) is 2.44. The molecule has 2 rings (SSSR count). The maximum absolute atomic E-state index is 11.1. The van der Waals surface area contributed by atoms with Crippen molar-refractivity contribution in [2.75, 3.05) is 25.1 Å². The minimum Gasteiger partial charge on any atom is -0.478 e. The fourth-order valence-electron chi connectivity index (χ4n) is 2.42. The van der Waals surface area contributed by atoms with Crippen molar-refractivity contribution in [2.45, 2.75) is 19.8 Å². The average Bonchev–Trinajstić information content (AvgIpc) is 2.93. The molecule has 1 saturated heterocycles. The zero-order chi connectivity index (χ0) is 15.4. The maximum atomic E-state index is 11.1. The highest BCUT2D eigenvalue weighted by Gasteiger charge is 2.20. The molecule has 1 aliphatic rings. The van der Waals surface area contributed by atoms with Crippen LogP contribution in [0, 0.1) is 23.0 Å². The van der Waals surface area contributed by atoms with Crippen LogP contribution in [-0.4, -0.2) is 35.8 Å². The molecule has 2 N–H and O–H groups in total. The van der Waals surface area contributed by atoms with Crippen molar-refractivity contribution in [1.82, 2.24) is 0 Å². The minimum absolute atomic E-state index is 0.0843. The van der Waals surface area contributed by atoms with E-state index in [1.54, 1.807) is 6.92 Å². The summed E-state index contributed by atoms with van der Waals surface area (Å²) < 4.78 is 5.29. The first-order valence-corrected chi connectivity index (χ1v) is 6.83. The summed E-state index contributed by atoms with van der Waals surface area (Å²) in [6, 6.07) is 2.53. The Morgan fingerprint density at radius 1 is 1.57 bits per heavy atom. The molecule has 1 aromatic carbocycles. The molecule has 0 saturated carbocycles. The molecule has 1 atom stereocenters. The Kier molecular flexibility index (Phi) is 4.74. The van der Waals surface area contributed by atoms with Crippen molar-refractivity contribution >= 4 is 17.3 Å². The van der Waals surface area contributed by atoms with E-state index in [9.17, 15) is 14.9 Å². The molecule has 1 heterocycles. The van der Waals surface area contributed by atoms with Gasteiger partial charge in [0.1, 0.15) is 0 Å². The number of aromatic carboxylic acids is 1. The van der Waals surface area contributed by atoms with Gasteiger partial charge in [-0.3, -0.25) is 10.1 Å². The highest BCUT2D eigenvalue weighted by molar-refractivity contribution is 5.90. The second-order valence-corrected chi connectivity index (χ2v) is 5.18. The van der Waals surface area contributed by atoms with Crippen LogP contribution in [0.3, 0.4) is 0 Å². The number of benzene rings is 1.